The van der Waals surface area contributed by atoms with Crippen molar-refractivity contribution in [3.63, 3.8) is 0 Å². The molecule has 0 saturated carbocycles. The molecule has 0 radical (unpaired) electrons. The molecule has 150 valence electrons. The molecule has 1 aliphatic heterocycles. The number of ether oxygens (including phenoxy) is 1. The maximum absolute atomic E-state index is 12.8. The van der Waals surface area contributed by atoms with E-state index in [1.54, 1.807) is 0 Å². The molecule has 2 aromatic rings. The van der Waals surface area contributed by atoms with Gasteiger partial charge in [-0.25, -0.2) is 8.42 Å². The molecule has 1 aliphatic rings. The third kappa shape index (κ3) is 4.06. The summed E-state index contributed by atoms with van der Waals surface area (Å²) in [5.74, 6) is -0.491. The molecule has 1 fully saturated rings. The molecule has 2 aromatic carbocycles. The SMILES string of the molecule is COc1cc(N2CCCS2(=O)=O)ccc1NC(=O)c1cccc(C(F)(F)F)c1. The van der Waals surface area contributed by atoms with Crippen LogP contribution in [0.1, 0.15) is 22.3 Å². The van der Waals surface area contributed by atoms with Crippen LogP contribution in [0.25, 0.3) is 0 Å². The quantitative estimate of drug-likeness (QED) is 0.831. The van der Waals surface area contributed by atoms with Gasteiger partial charge < -0.3 is 10.1 Å². The Labute approximate surface area is 160 Å². The highest BCUT2D eigenvalue weighted by molar-refractivity contribution is 7.93. The highest BCUT2D eigenvalue weighted by Crippen LogP contribution is 2.34. The van der Waals surface area contributed by atoms with Gasteiger partial charge in [0.2, 0.25) is 10.0 Å². The smallest absolute Gasteiger partial charge is 0.416 e. The lowest BCUT2D eigenvalue weighted by molar-refractivity contribution is -0.137. The molecule has 0 aromatic heterocycles. The van der Waals surface area contributed by atoms with Crippen LogP contribution in [0.15, 0.2) is 42.5 Å². The molecular formula is C18H17F3N2O4S. The van der Waals surface area contributed by atoms with Crippen molar-refractivity contribution < 1.29 is 31.1 Å². The third-order valence-corrected chi connectivity index (χ3v) is 6.14. The number of methoxy groups -OCH3 is 1. The number of benzene rings is 2. The minimum Gasteiger partial charge on any atom is -0.494 e. The first-order chi connectivity index (χ1) is 13.1. The van der Waals surface area contributed by atoms with E-state index < -0.39 is 27.7 Å². The zero-order valence-corrected chi connectivity index (χ0v) is 15.6. The summed E-state index contributed by atoms with van der Waals surface area (Å²) in [4.78, 5) is 12.4. The summed E-state index contributed by atoms with van der Waals surface area (Å²) in [6.07, 6.45) is -4.05. The summed E-state index contributed by atoms with van der Waals surface area (Å²) in [6.45, 7) is 0.349. The summed E-state index contributed by atoms with van der Waals surface area (Å²) >= 11 is 0. The number of carbonyl (C=O) groups is 1. The van der Waals surface area contributed by atoms with Crippen LogP contribution in [0.2, 0.25) is 0 Å². The van der Waals surface area contributed by atoms with E-state index in [2.05, 4.69) is 5.32 Å². The number of alkyl halides is 3. The summed E-state index contributed by atoms with van der Waals surface area (Å²) in [5, 5.41) is 2.50. The largest absolute Gasteiger partial charge is 0.494 e. The molecule has 0 bridgehead atoms. The van der Waals surface area contributed by atoms with Crippen molar-refractivity contribution in [3.8, 4) is 5.75 Å². The van der Waals surface area contributed by atoms with Crippen LogP contribution in [0.3, 0.4) is 0 Å². The molecule has 28 heavy (non-hydrogen) atoms. The van der Waals surface area contributed by atoms with Crippen LogP contribution in [0.5, 0.6) is 5.75 Å². The number of hydrogen-bond acceptors (Lipinski definition) is 4. The molecule has 0 aliphatic carbocycles. The van der Waals surface area contributed by atoms with E-state index in [9.17, 15) is 26.4 Å². The predicted molar refractivity (Wildman–Crippen MR) is 98.1 cm³/mol. The van der Waals surface area contributed by atoms with E-state index in [0.717, 1.165) is 18.2 Å². The molecular weight excluding hydrogens is 397 g/mol. The number of nitrogens with one attached hydrogen (secondary N) is 1. The van der Waals surface area contributed by atoms with E-state index in [1.807, 2.05) is 0 Å². The maximum atomic E-state index is 12.8. The summed E-state index contributed by atoms with van der Waals surface area (Å²) in [7, 11) is -2.03. The van der Waals surface area contributed by atoms with Gasteiger partial charge >= 0.3 is 6.18 Å². The molecule has 1 amide bonds. The number of sulfonamides is 1. The Morgan fingerprint density at radius 2 is 1.93 bits per heavy atom. The second-order valence-corrected chi connectivity index (χ2v) is 8.17. The Bertz CT molecular complexity index is 1010. The second kappa shape index (κ2) is 7.34. The van der Waals surface area contributed by atoms with E-state index in [-0.39, 0.29) is 22.8 Å². The zero-order valence-electron chi connectivity index (χ0n) is 14.8. The second-order valence-electron chi connectivity index (χ2n) is 6.16. The summed E-state index contributed by atoms with van der Waals surface area (Å²) in [6, 6.07) is 8.47. The van der Waals surface area contributed by atoms with Crippen molar-refractivity contribution in [1.29, 1.82) is 0 Å². The van der Waals surface area contributed by atoms with Gasteiger partial charge in [0.15, 0.2) is 0 Å². The van der Waals surface area contributed by atoms with Crippen molar-refractivity contribution in [3.05, 3.63) is 53.6 Å². The van der Waals surface area contributed by atoms with Crippen molar-refractivity contribution in [2.45, 2.75) is 12.6 Å². The van der Waals surface area contributed by atoms with E-state index in [4.69, 9.17) is 4.74 Å². The number of anilines is 2. The van der Waals surface area contributed by atoms with Gasteiger partial charge in [0.25, 0.3) is 5.91 Å². The number of amides is 1. The lowest BCUT2D eigenvalue weighted by atomic mass is 10.1. The Hall–Kier alpha value is -2.75. The number of halogens is 3. The molecule has 1 saturated heterocycles. The van der Waals surface area contributed by atoms with Crippen LogP contribution in [-0.4, -0.2) is 33.7 Å². The number of carbonyl (C=O) groups excluding carboxylic acids is 1. The van der Waals surface area contributed by atoms with Crippen LogP contribution < -0.4 is 14.4 Å². The average Bonchev–Trinajstić information content (AvgIpc) is 3.00. The molecule has 6 nitrogen and oxygen atoms in total. The molecule has 10 heteroatoms. The average molecular weight is 414 g/mol. The van der Waals surface area contributed by atoms with Gasteiger partial charge in [-0.05, 0) is 36.8 Å². The van der Waals surface area contributed by atoms with Crippen molar-refractivity contribution >= 4 is 27.3 Å². The monoisotopic (exact) mass is 414 g/mol. The van der Waals surface area contributed by atoms with Gasteiger partial charge in [0, 0.05) is 18.2 Å². The fourth-order valence-corrected chi connectivity index (χ4v) is 4.46. The number of rotatable bonds is 4. The lowest BCUT2D eigenvalue weighted by Gasteiger charge is -2.19. The van der Waals surface area contributed by atoms with Gasteiger partial charge in [-0.1, -0.05) is 6.07 Å². The molecule has 1 N–H and O–H groups in total. The van der Waals surface area contributed by atoms with Gasteiger partial charge in [0.1, 0.15) is 5.75 Å². The molecule has 1 heterocycles. The summed E-state index contributed by atoms with van der Waals surface area (Å²) in [5.41, 5.74) is -0.485. The molecule has 0 atom stereocenters. The van der Waals surface area contributed by atoms with Crippen molar-refractivity contribution in [2.24, 2.45) is 0 Å². The Balaban J connectivity index is 1.85. The van der Waals surface area contributed by atoms with Crippen LogP contribution in [0.4, 0.5) is 24.5 Å². The van der Waals surface area contributed by atoms with Crippen molar-refractivity contribution in [2.75, 3.05) is 29.0 Å². The fraction of sp³-hybridized carbons (Fsp3) is 0.278. The Kier molecular flexibility index (Phi) is 5.24. The minimum atomic E-state index is -4.56. The first kappa shape index (κ1) is 20.0. The molecule has 3 rings (SSSR count). The van der Waals surface area contributed by atoms with Crippen molar-refractivity contribution in [1.82, 2.24) is 0 Å². The first-order valence-electron chi connectivity index (χ1n) is 8.29. The maximum Gasteiger partial charge on any atom is 0.416 e. The highest BCUT2D eigenvalue weighted by Gasteiger charge is 2.31. The fourth-order valence-electron chi connectivity index (χ4n) is 2.90. The topological polar surface area (TPSA) is 75.7 Å². The van der Waals surface area contributed by atoms with Gasteiger partial charge in [-0.3, -0.25) is 9.10 Å². The number of hydrogen-bond donors (Lipinski definition) is 1. The highest BCUT2D eigenvalue weighted by atomic mass is 32.2. The zero-order chi connectivity index (χ0) is 20.5. The Morgan fingerprint density at radius 3 is 2.54 bits per heavy atom. The standard InChI is InChI=1S/C18H17F3N2O4S/c1-27-16-11-14(23-8-3-9-28(23,25)26)6-7-15(16)22-17(24)12-4-2-5-13(10-12)18(19,20)21/h2,4-7,10-11H,3,8-9H2,1H3,(H,22,24). The Morgan fingerprint density at radius 1 is 1.18 bits per heavy atom. The van der Waals surface area contributed by atoms with Gasteiger partial charge in [-0.2, -0.15) is 13.2 Å². The minimum absolute atomic E-state index is 0.0589. The lowest BCUT2D eigenvalue weighted by Crippen LogP contribution is -2.25. The van der Waals surface area contributed by atoms with Gasteiger partial charge in [-0.15, -0.1) is 0 Å². The van der Waals surface area contributed by atoms with E-state index in [1.165, 1.54) is 35.7 Å². The van der Waals surface area contributed by atoms with E-state index >= 15 is 0 Å². The van der Waals surface area contributed by atoms with E-state index in [0.29, 0.717) is 18.7 Å². The summed E-state index contributed by atoms with van der Waals surface area (Å²) < 4.78 is 69.0. The first-order valence-corrected chi connectivity index (χ1v) is 9.90. The van der Waals surface area contributed by atoms with Crippen LogP contribution in [0, 0.1) is 0 Å². The van der Waals surface area contributed by atoms with Crippen LogP contribution in [-0.2, 0) is 16.2 Å². The number of nitrogens with zero attached hydrogens (tertiary/aromatic N) is 1. The molecule has 0 unspecified atom stereocenters. The predicted octanol–water partition coefficient (Wildman–Crippen LogP) is 3.51. The normalized spacial score (nSPS) is 16.1. The third-order valence-electron chi connectivity index (χ3n) is 4.27. The molecule has 0 spiro atoms. The van der Waals surface area contributed by atoms with Gasteiger partial charge in [0.05, 0.1) is 29.8 Å². The van der Waals surface area contributed by atoms with Crippen LogP contribution >= 0.6 is 0 Å².